The molecule has 26 heavy (non-hydrogen) atoms. The summed E-state index contributed by atoms with van der Waals surface area (Å²) in [5, 5.41) is 7.11. The van der Waals surface area contributed by atoms with Gasteiger partial charge in [0, 0.05) is 26.2 Å². The van der Waals surface area contributed by atoms with Gasteiger partial charge in [-0.25, -0.2) is 14.3 Å². The second-order valence-corrected chi connectivity index (χ2v) is 6.40. The molecule has 2 aromatic rings. The number of carbonyl (C=O) groups excluding carboxylic acids is 1. The molecule has 8 heteroatoms. The number of aromatic nitrogens is 3. The van der Waals surface area contributed by atoms with Crippen molar-refractivity contribution < 1.29 is 9.53 Å². The summed E-state index contributed by atoms with van der Waals surface area (Å²) in [6.07, 6.45) is 1.46. The Morgan fingerprint density at radius 3 is 2.62 bits per heavy atom. The van der Waals surface area contributed by atoms with Crippen molar-refractivity contribution in [1.29, 1.82) is 0 Å². The average molecular weight is 359 g/mol. The highest BCUT2D eigenvalue weighted by molar-refractivity contribution is 5.91. The van der Waals surface area contributed by atoms with Gasteiger partial charge in [-0.15, -0.1) is 0 Å². The van der Waals surface area contributed by atoms with Gasteiger partial charge in [0.05, 0.1) is 12.3 Å². The van der Waals surface area contributed by atoms with Crippen LogP contribution in [0.2, 0.25) is 0 Å². The van der Waals surface area contributed by atoms with Crippen LogP contribution in [0.1, 0.15) is 31.6 Å². The number of para-hydroxylation sites is 2. The van der Waals surface area contributed by atoms with E-state index in [-0.39, 0.29) is 17.8 Å². The van der Waals surface area contributed by atoms with Gasteiger partial charge in [0.2, 0.25) is 0 Å². The molecular weight excluding hydrogens is 334 g/mol. The van der Waals surface area contributed by atoms with Crippen LogP contribution in [-0.2, 0) is 7.05 Å². The first-order valence-electron chi connectivity index (χ1n) is 8.91. The molecule has 1 saturated heterocycles. The highest BCUT2D eigenvalue weighted by Gasteiger charge is 2.27. The third-order valence-corrected chi connectivity index (χ3v) is 4.67. The van der Waals surface area contributed by atoms with E-state index in [2.05, 4.69) is 10.4 Å². The summed E-state index contributed by atoms with van der Waals surface area (Å²) < 4.78 is 8.64. The quantitative estimate of drug-likeness (QED) is 0.907. The van der Waals surface area contributed by atoms with Crippen LogP contribution in [0.4, 0.5) is 10.5 Å². The Balaban J connectivity index is 1.63. The largest absolute Gasteiger partial charge is 0.492 e. The standard InChI is InChI=1S/C18H25N5O3/c1-4-26-16-8-6-5-7-15(16)19-17(24)22-11-9-14(10-12-22)23-13(2)20-21(3)18(23)25/h5-8,14H,4,9-12H2,1-3H3,(H,19,24). The Bertz CT molecular complexity index is 834. The number of rotatable bonds is 4. The van der Waals surface area contributed by atoms with Gasteiger partial charge in [-0.2, -0.15) is 5.10 Å². The number of likely N-dealkylation sites (tertiary alicyclic amines) is 1. The van der Waals surface area contributed by atoms with E-state index in [1.165, 1.54) is 4.68 Å². The smallest absolute Gasteiger partial charge is 0.345 e. The first-order chi connectivity index (χ1) is 12.5. The van der Waals surface area contributed by atoms with Gasteiger partial charge in [-0.05, 0) is 38.8 Å². The minimum absolute atomic E-state index is 0.0796. The number of amides is 2. The second kappa shape index (κ2) is 7.63. The predicted molar refractivity (Wildman–Crippen MR) is 98.7 cm³/mol. The monoisotopic (exact) mass is 359 g/mol. The van der Waals surface area contributed by atoms with E-state index in [4.69, 9.17) is 4.74 Å². The zero-order valence-corrected chi connectivity index (χ0v) is 15.4. The molecule has 0 spiro atoms. The molecule has 1 N–H and O–H groups in total. The first-order valence-corrected chi connectivity index (χ1v) is 8.91. The number of nitrogens with zero attached hydrogens (tertiary/aromatic N) is 4. The Morgan fingerprint density at radius 2 is 2.00 bits per heavy atom. The molecular formula is C18H25N5O3. The number of carbonyl (C=O) groups is 1. The fourth-order valence-corrected chi connectivity index (χ4v) is 3.40. The zero-order chi connectivity index (χ0) is 18.7. The number of aryl methyl sites for hydroxylation is 2. The lowest BCUT2D eigenvalue weighted by Gasteiger charge is -2.32. The van der Waals surface area contributed by atoms with E-state index >= 15 is 0 Å². The minimum Gasteiger partial charge on any atom is -0.492 e. The maximum Gasteiger partial charge on any atom is 0.345 e. The molecule has 1 aromatic carbocycles. The van der Waals surface area contributed by atoms with Crippen molar-refractivity contribution in [3.8, 4) is 5.75 Å². The van der Waals surface area contributed by atoms with Crippen molar-refractivity contribution in [3.05, 3.63) is 40.6 Å². The molecule has 0 bridgehead atoms. The van der Waals surface area contributed by atoms with Crippen molar-refractivity contribution in [1.82, 2.24) is 19.2 Å². The number of hydrogen-bond acceptors (Lipinski definition) is 4. The maximum atomic E-state index is 12.6. The van der Waals surface area contributed by atoms with Gasteiger partial charge >= 0.3 is 11.7 Å². The Kier molecular flexibility index (Phi) is 5.29. The van der Waals surface area contributed by atoms with Gasteiger partial charge in [-0.3, -0.25) is 4.57 Å². The first kappa shape index (κ1) is 18.0. The fourth-order valence-electron chi connectivity index (χ4n) is 3.40. The van der Waals surface area contributed by atoms with E-state index < -0.39 is 0 Å². The summed E-state index contributed by atoms with van der Waals surface area (Å²) in [4.78, 5) is 26.6. The van der Waals surface area contributed by atoms with E-state index in [1.54, 1.807) is 16.5 Å². The predicted octanol–water partition coefficient (Wildman–Crippen LogP) is 2.16. The number of piperidine rings is 1. The highest BCUT2D eigenvalue weighted by Crippen LogP contribution is 2.26. The van der Waals surface area contributed by atoms with Crippen molar-refractivity contribution in [3.63, 3.8) is 0 Å². The topological polar surface area (TPSA) is 81.4 Å². The highest BCUT2D eigenvalue weighted by atomic mass is 16.5. The molecule has 0 saturated carbocycles. The maximum absolute atomic E-state index is 12.6. The van der Waals surface area contributed by atoms with Crippen LogP contribution in [0.3, 0.4) is 0 Å². The summed E-state index contributed by atoms with van der Waals surface area (Å²) in [5.41, 5.74) is 0.567. The van der Waals surface area contributed by atoms with Crippen molar-refractivity contribution in [2.24, 2.45) is 7.05 Å². The van der Waals surface area contributed by atoms with E-state index in [1.807, 2.05) is 38.1 Å². The van der Waals surface area contributed by atoms with Crippen molar-refractivity contribution in [2.45, 2.75) is 32.7 Å². The lowest BCUT2D eigenvalue weighted by atomic mass is 10.1. The Morgan fingerprint density at radius 1 is 1.31 bits per heavy atom. The fraction of sp³-hybridized carbons (Fsp3) is 0.500. The summed E-state index contributed by atoms with van der Waals surface area (Å²) in [7, 11) is 1.66. The SMILES string of the molecule is CCOc1ccccc1NC(=O)N1CCC(n2c(C)nn(C)c2=O)CC1. The third kappa shape index (κ3) is 3.58. The third-order valence-electron chi connectivity index (χ3n) is 4.67. The Hall–Kier alpha value is -2.77. The molecule has 8 nitrogen and oxygen atoms in total. The molecule has 1 aromatic heterocycles. The molecule has 2 amide bonds. The van der Waals surface area contributed by atoms with Gasteiger partial charge < -0.3 is 15.0 Å². The van der Waals surface area contributed by atoms with E-state index in [0.29, 0.717) is 37.0 Å². The second-order valence-electron chi connectivity index (χ2n) is 6.40. The number of benzene rings is 1. The molecule has 140 valence electrons. The molecule has 3 rings (SSSR count). The summed E-state index contributed by atoms with van der Waals surface area (Å²) >= 11 is 0. The normalized spacial score (nSPS) is 15.1. The molecule has 0 radical (unpaired) electrons. The van der Waals surface area contributed by atoms with Gasteiger partial charge in [-0.1, -0.05) is 12.1 Å². The van der Waals surface area contributed by atoms with E-state index in [0.717, 1.165) is 12.8 Å². The van der Waals surface area contributed by atoms with Crippen molar-refractivity contribution >= 4 is 11.7 Å². The van der Waals surface area contributed by atoms with Gasteiger partial charge in [0.15, 0.2) is 0 Å². The molecule has 1 fully saturated rings. The van der Waals surface area contributed by atoms with Crippen LogP contribution in [-0.4, -0.2) is 45.0 Å². The average Bonchev–Trinajstić information content (AvgIpc) is 2.89. The van der Waals surface area contributed by atoms with Crippen LogP contribution in [0.15, 0.2) is 29.1 Å². The zero-order valence-electron chi connectivity index (χ0n) is 15.4. The molecule has 0 atom stereocenters. The van der Waals surface area contributed by atoms with Crippen LogP contribution in [0, 0.1) is 6.92 Å². The van der Waals surface area contributed by atoms with Gasteiger partial charge in [0.1, 0.15) is 11.6 Å². The number of anilines is 1. The molecule has 0 unspecified atom stereocenters. The number of nitrogens with one attached hydrogen (secondary N) is 1. The summed E-state index contributed by atoms with van der Waals surface area (Å²) in [5.74, 6) is 1.38. The van der Waals surface area contributed by atoms with Crippen molar-refractivity contribution in [2.75, 3.05) is 25.0 Å². The molecule has 2 heterocycles. The summed E-state index contributed by atoms with van der Waals surface area (Å²) in [6.45, 7) is 5.47. The number of ether oxygens (including phenoxy) is 1. The van der Waals surface area contributed by atoms with E-state index in [9.17, 15) is 9.59 Å². The van der Waals surface area contributed by atoms with Crippen LogP contribution in [0.25, 0.3) is 0 Å². The lowest BCUT2D eigenvalue weighted by molar-refractivity contribution is 0.182. The summed E-state index contributed by atoms with van der Waals surface area (Å²) in [6, 6.07) is 7.33. The molecule has 0 aliphatic carbocycles. The van der Waals surface area contributed by atoms with Crippen LogP contribution in [0.5, 0.6) is 5.75 Å². The minimum atomic E-state index is -0.147. The van der Waals surface area contributed by atoms with Gasteiger partial charge in [0.25, 0.3) is 0 Å². The van der Waals surface area contributed by atoms with Crippen LogP contribution < -0.4 is 15.7 Å². The molecule has 1 aliphatic rings. The van der Waals surface area contributed by atoms with Crippen LogP contribution >= 0.6 is 0 Å². The number of hydrogen-bond donors (Lipinski definition) is 1. The number of urea groups is 1. The molecule has 1 aliphatic heterocycles. The lowest BCUT2D eigenvalue weighted by Crippen LogP contribution is -2.43. The Labute approximate surface area is 152 Å².